The Morgan fingerprint density at radius 1 is 1.29 bits per heavy atom. The van der Waals surface area contributed by atoms with Crippen LogP contribution in [0, 0.1) is 12.3 Å². The van der Waals surface area contributed by atoms with Crippen LogP contribution in [-0.4, -0.2) is 81.0 Å². The predicted molar refractivity (Wildman–Crippen MR) is 124 cm³/mol. The lowest BCUT2D eigenvalue weighted by molar-refractivity contribution is -0.157. The van der Waals surface area contributed by atoms with Gasteiger partial charge in [0.25, 0.3) is 16.0 Å². The first kappa shape index (κ1) is 26.2. The Labute approximate surface area is 200 Å². The summed E-state index contributed by atoms with van der Waals surface area (Å²) in [6.45, 7) is 1.03. The van der Waals surface area contributed by atoms with Gasteiger partial charge in [0.05, 0.1) is 29.8 Å². The Bertz CT molecular complexity index is 1290. The van der Waals surface area contributed by atoms with E-state index in [0.717, 1.165) is 16.0 Å². The normalized spacial score (nSPS) is 19.6. The Balaban J connectivity index is 0.000000623. The molecule has 2 aromatic heterocycles. The number of aromatic amines is 1. The van der Waals surface area contributed by atoms with Crippen LogP contribution in [0.4, 0.5) is 19.4 Å². The highest BCUT2D eigenvalue weighted by atomic mass is 32.2. The van der Waals surface area contributed by atoms with Crippen LogP contribution in [0.2, 0.25) is 0 Å². The Morgan fingerprint density at radius 2 is 1.97 bits per heavy atom. The van der Waals surface area contributed by atoms with E-state index in [0.29, 0.717) is 23.1 Å². The first-order valence-electron chi connectivity index (χ1n) is 10.5. The number of fused-ring (bicyclic) bond motifs is 1. The van der Waals surface area contributed by atoms with E-state index < -0.39 is 34.1 Å². The first-order valence-corrected chi connectivity index (χ1v) is 12.4. The maximum Gasteiger partial charge on any atom is 0.407 e. The third kappa shape index (κ3) is 6.39. The molecule has 1 atom stereocenters. The molecule has 14 heteroatoms. The molecular weight excluding hydrogens is 486 g/mol. The number of aryl methyl sites for hydroxylation is 1. The second kappa shape index (κ2) is 10.1. The van der Waals surface area contributed by atoms with E-state index in [1.807, 2.05) is 31.2 Å². The molecule has 1 fully saturated rings. The largest absolute Gasteiger partial charge is 0.465 e. The first-order chi connectivity index (χ1) is 16.3. The van der Waals surface area contributed by atoms with E-state index in [1.165, 1.54) is 12.5 Å². The summed E-state index contributed by atoms with van der Waals surface area (Å²) in [5.74, 6) is -2.82. The number of H-pyrrole nitrogens is 1. The predicted octanol–water partition coefficient (Wildman–Crippen LogP) is 2.83. The van der Waals surface area contributed by atoms with Crippen molar-refractivity contribution in [2.75, 3.05) is 31.2 Å². The number of alkyl halides is 2. The van der Waals surface area contributed by atoms with Crippen molar-refractivity contribution in [2.24, 2.45) is 5.41 Å². The van der Waals surface area contributed by atoms with Crippen LogP contribution in [0.1, 0.15) is 17.5 Å². The lowest BCUT2D eigenvalue weighted by Crippen LogP contribution is -2.60. The molecule has 11 nitrogen and oxygen atoms in total. The van der Waals surface area contributed by atoms with Crippen molar-refractivity contribution in [1.82, 2.24) is 25.1 Å². The van der Waals surface area contributed by atoms with Gasteiger partial charge in [0.1, 0.15) is 12.1 Å². The molecule has 0 saturated carbocycles. The van der Waals surface area contributed by atoms with E-state index >= 15 is 8.78 Å². The average Bonchev–Trinajstić information content (AvgIpc) is 3.23. The fraction of sp³-hybridized carbons (Fsp3) is 0.429. The number of aromatic nitrogens is 4. The highest BCUT2D eigenvalue weighted by molar-refractivity contribution is 7.85. The van der Waals surface area contributed by atoms with E-state index in [4.69, 9.17) is 4.55 Å². The number of anilines is 1. The summed E-state index contributed by atoms with van der Waals surface area (Å²) in [6.07, 6.45) is 2.40. The van der Waals surface area contributed by atoms with Gasteiger partial charge in [-0.15, -0.1) is 0 Å². The second-order valence-corrected chi connectivity index (χ2v) is 9.95. The van der Waals surface area contributed by atoms with Crippen LogP contribution in [0.25, 0.3) is 11.0 Å². The second-order valence-electron chi connectivity index (χ2n) is 8.48. The molecule has 0 aliphatic carbocycles. The molecule has 4 rings (SSSR count). The number of likely N-dealkylation sites (tertiary alicyclic amines) is 1. The van der Waals surface area contributed by atoms with Gasteiger partial charge in [0, 0.05) is 13.1 Å². The molecular formula is C21H26F2N6O5S. The molecule has 3 aromatic rings. The number of carbonyl (C=O) groups is 1. The molecule has 3 heterocycles. The number of nitrogens with one attached hydrogen (secondary N) is 2. The number of rotatable bonds is 5. The van der Waals surface area contributed by atoms with Gasteiger partial charge in [-0.1, -0.05) is 24.3 Å². The third-order valence-electron chi connectivity index (χ3n) is 5.93. The Hall–Kier alpha value is -3.39. The monoisotopic (exact) mass is 512 g/mol. The van der Waals surface area contributed by atoms with E-state index in [2.05, 4.69) is 25.5 Å². The molecule has 4 N–H and O–H groups in total. The van der Waals surface area contributed by atoms with Crippen molar-refractivity contribution in [2.45, 2.75) is 25.7 Å². The third-order valence-corrected chi connectivity index (χ3v) is 5.93. The highest BCUT2D eigenvalue weighted by Gasteiger charge is 2.57. The SMILES string of the molecule is CS(=O)(=O)O.Cc1ccccc1CC1(CNc2ncnc3[nH]ncc23)CCN(C(=O)O)CC1(F)F. The fourth-order valence-electron chi connectivity index (χ4n) is 4.01. The number of piperidine rings is 1. The molecule has 1 amide bonds. The van der Waals surface area contributed by atoms with Crippen molar-refractivity contribution in [1.29, 1.82) is 0 Å². The van der Waals surface area contributed by atoms with Crippen molar-refractivity contribution < 1.29 is 31.7 Å². The number of carboxylic acid groups (broad SMARTS) is 1. The van der Waals surface area contributed by atoms with Crippen molar-refractivity contribution in [3.8, 4) is 0 Å². The highest BCUT2D eigenvalue weighted by Crippen LogP contribution is 2.47. The number of benzene rings is 1. The van der Waals surface area contributed by atoms with Gasteiger partial charge < -0.3 is 15.3 Å². The van der Waals surface area contributed by atoms with Crippen LogP contribution >= 0.6 is 0 Å². The molecule has 0 spiro atoms. The summed E-state index contributed by atoms with van der Waals surface area (Å²) in [4.78, 5) is 20.3. The molecule has 1 unspecified atom stereocenters. The maximum atomic E-state index is 15.5. The molecule has 0 bridgehead atoms. The van der Waals surface area contributed by atoms with Gasteiger partial charge in [0.2, 0.25) is 0 Å². The van der Waals surface area contributed by atoms with Gasteiger partial charge in [-0.25, -0.2) is 23.5 Å². The van der Waals surface area contributed by atoms with E-state index in [-0.39, 0.29) is 25.9 Å². The van der Waals surface area contributed by atoms with Crippen LogP contribution in [0.3, 0.4) is 0 Å². The van der Waals surface area contributed by atoms with Crippen molar-refractivity contribution in [3.63, 3.8) is 0 Å². The minimum atomic E-state index is -3.67. The summed E-state index contributed by atoms with van der Waals surface area (Å²) < 4.78 is 56.9. The number of hydrogen-bond acceptors (Lipinski definition) is 7. The number of nitrogens with zero attached hydrogens (tertiary/aromatic N) is 4. The minimum absolute atomic E-state index is 0.0211. The summed E-state index contributed by atoms with van der Waals surface area (Å²) in [6, 6.07) is 7.43. The van der Waals surface area contributed by atoms with Gasteiger partial charge in [-0.3, -0.25) is 9.65 Å². The summed E-state index contributed by atoms with van der Waals surface area (Å²) in [5, 5.41) is 19.6. The molecule has 1 aromatic carbocycles. The topological polar surface area (TPSA) is 161 Å². The summed E-state index contributed by atoms with van der Waals surface area (Å²) >= 11 is 0. The number of halogens is 2. The number of amides is 1. The van der Waals surface area contributed by atoms with Crippen LogP contribution < -0.4 is 5.32 Å². The van der Waals surface area contributed by atoms with Crippen LogP contribution in [-0.2, 0) is 16.5 Å². The molecule has 1 saturated heterocycles. The minimum Gasteiger partial charge on any atom is -0.465 e. The molecule has 1 aliphatic heterocycles. The van der Waals surface area contributed by atoms with Crippen LogP contribution in [0.5, 0.6) is 0 Å². The van der Waals surface area contributed by atoms with E-state index in [9.17, 15) is 18.3 Å². The molecule has 190 valence electrons. The lowest BCUT2D eigenvalue weighted by Gasteiger charge is -2.47. The maximum absolute atomic E-state index is 15.5. The van der Waals surface area contributed by atoms with E-state index in [1.54, 1.807) is 0 Å². The smallest absolute Gasteiger partial charge is 0.407 e. The molecule has 1 aliphatic rings. The summed E-state index contributed by atoms with van der Waals surface area (Å²) in [5.41, 5.74) is 0.769. The molecule has 0 radical (unpaired) electrons. The fourth-order valence-corrected chi connectivity index (χ4v) is 4.01. The quantitative estimate of drug-likeness (QED) is 0.377. The lowest BCUT2D eigenvalue weighted by atomic mass is 9.70. The van der Waals surface area contributed by atoms with Gasteiger partial charge in [-0.2, -0.15) is 13.5 Å². The van der Waals surface area contributed by atoms with Gasteiger partial charge in [-0.05, 0) is 30.9 Å². The van der Waals surface area contributed by atoms with Crippen LogP contribution in [0.15, 0.2) is 36.8 Å². The zero-order valence-corrected chi connectivity index (χ0v) is 19.9. The standard InChI is InChI=1S/C20H22F2N6O2.CH4O3S/c1-13-4-2-3-5-14(13)8-19(6-7-28(18(29)30)11-20(19,21)22)10-23-16-15-9-26-27-17(15)25-12-24-16;1-5(2,3)4/h2-5,9,12H,6-8,10-11H2,1H3,(H,29,30)(H2,23,24,25,26,27);1H3,(H,2,3,4). The Morgan fingerprint density at radius 3 is 2.60 bits per heavy atom. The summed E-state index contributed by atoms with van der Waals surface area (Å²) in [7, 11) is -3.67. The zero-order chi connectivity index (χ0) is 25.9. The van der Waals surface area contributed by atoms with Gasteiger partial charge >= 0.3 is 6.09 Å². The number of hydrogen-bond donors (Lipinski definition) is 4. The Kier molecular flexibility index (Phi) is 7.55. The zero-order valence-electron chi connectivity index (χ0n) is 19.1. The van der Waals surface area contributed by atoms with Crippen molar-refractivity contribution >= 4 is 33.1 Å². The van der Waals surface area contributed by atoms with Crippen molar-refractivity contribution in [3.05, 3.63) is 47.9 Å². The average molecular weight is 513 g/mol. The van der Waals surface area contributed by atoms with Gasteiger partial charge in [0.15, 0.2) is 5.65 Å². The molecule has 35 heavy (non-hydrogen) atoms.